The maximum Gasteiger partial charge on any atom is 0.266 e. The summed E-state index contributed by atoms with van der Waals surface area (Å²) >= 11 is 4.99. The molecule has 1 aromatic carbocycles. The Bertz CT molecular complexity index is 453. The molecule has 122 valence electrons. The van der Waals surface area contributed by atoms with E-state index >= 15 is 0 Å². The molecule has 0 aliphatic carbocycles. The molecular weight excluding hydrogens is 294 g/mol. The minimum absolute atomic E-state index is 0.324. The van der Waals surface area contributed by atoms with E-state index in [1.807, 2.05) is 44.2 Å². The summed E-state index contributed by atoms with van der Waals surface area (Å²) in [5, 5.41) is 3.15. The molecule has 0 aromatic heterocycles. The molecule has 0 bridgehead atoms. The average molecular weight is 321 g/mol. The summed E-state index contributed by atoms with van der Waals surface area (Å²) in [6.45, 7) is 8.85. The largest absolute Gasteiger partial charge is 0.494 e. The van der Waals surface area contributed by atoms with Crippen molar-refractivity contribution in [1.82, 2.24) is 5.32 Å². The van der Waals surface area contributed by atoms with Gasteiger partial charge in [0.15, 0.2) is 0 Å². The predicted molar refractivity (Wildman–Crippen MR) is 98.5 cm³/mol. The zero-order valence-electron chi connectivity index (χ0n) is 14.0. The Hall–Kier alpha value is -1.81. The average Bonchev–Trinajstić information content (AvgIpc) is 2.53. The number of hydrogen-bond acceptors (Lipinski definition) is 3. The number of thiocarbonyl (C=S) groups is 1. The van der Waals surface area contributed by atoms with Crippen molar-refractivity contribution in [3.63, 3.8) is 0 Å². The van der Waals surface area contributed by atoms with E-state index in [0.29, 0.717) is 10.9 Å². The number of rotatable bonds is 6. The topological polar surface area (TPSA) is 30.5 Å². The van der Waals surface area contributed by atoms with E-state index in [1.54, 1.807) is 6.20 Å². The van der Waals surface area contributed by atoms with Gasteiger partial charge in [0, 0.05) is 6.20 Å². The summed E-state index contributed by atoms with van der Waals surface area (Å²) in [7, 11) is 0. The third kappa shape index (κ3) is 10.9. The van der Waals surface area contributed by atoms with Gasteiger partial charge in [-0.05, 0) is 63.2 Å². The van der Waals surface area contributed by atoms with E-state index in [-0.39, 0.29) is 0 Å². The standard InChI is InChI=1S/C13H17NO2S.C5H10/c1-3-9-14-13(17)16-12-7-5-11(6-8-12)15-10-4-2;1-3-5-4-2/h3,5-9H,4,10H2,1-2H3,(H,14,17);3,5H,4H2,1-2H3/b9-3+;5-3-. The first kappa shape index (κ1) is 20.2. The number of hydrogen-bond donors (Lipinski definition) is 1. The first-order valence-corrected chi connectivity index (χ1v) is 8.02. The Labute approximate surface area is 140 Å². The van der Waals surface area contributed by atoms with Crippen molar-refractivity contribution in [1.29, 1.82) is 0 Å². The van der Waals surface area contributed by atoms with Crippen LogP contribution in [0.15, 0.2) is 48.7 Å². The highest BCUT2D eigenvalue weighted by Crippen LogP contribution is 2.17. The molecule has 0 fully saturated rings. The molecule has 0 saturated heterocycles. The molecule has 22 heavy (non-hydrogen) atoms. The van der Waals surface area contributed by atoms with E-state index in [0.717, 1.165) is 25.2 Å². The van der Waals surface area contributed by atoms with Gasteiger partial charge < -0.3 is 14.8 Å². The monoisotopic (exact) mass is 321 g/mol. The molecule has 1 rings (SSSR count). The van der Waals surface area contributed by atoms with Gasteiger partial charge in [-0.2, -0.15) is 0 Å². The highest BCUT2D eigenvalue weighted by atomic mass is 32.1. The van der Waals surface area contributed by atoms with Crippen LogP contribution in [0.5, 0.6) is 11.5 Å². The van der Waals surface area contributed by atoms with Crippen molar-refractivity contribution < 1.29 is 9.47 Å². The van der Waals surface area contributed by atoms with Gasteiger partial charge >= 0.3 is 0 Å². The van der Waals surface area contributed by atoms with E-state index in [9.17, 15) is 0 Å². The van der Waals surface area contributed by atoms with Gasteiger partial charge in [-0.1, -0.05) is 32.1 Å². The van der Waals surface area contributed by atoms with Gasteiger partial charge in [-0.25, -0.2) is 0 Å². The molecule has 0 radical (unpaired) electrons. The van der Waals surface area contributed by atoms with Crippen LogP contribution in [-0.2, 0) is 0 Å². The molecule has 0 aliphatic heterocycles. The van der Waals surface area contributed by atoms with Crippen molar-refractivity contribution in [3.05, 3.63) is 48.7 Å². The molecule has 3 nitrogen and oxygen atoms in total. The van der Waals surface area contributed by atoms with Crippen LogP contribution in [0.2, 0.25) is 0 Å². The third-order valence-electron chi connectivity index (χ3n) is 2.35. The summed E-state index contributed by atoms with van der Waals surface area (Å²) < 4.78 is 10.9. The fourth-order valence-electron chi connectivity index (χ4n) is 1.35. The lowest BCUT2D eigenvalue weighted by Crippen LogP contribution is -2.20. The van der Waals surface area contributed by atoms with Crippen LogP contribution in [0.4, 0.5) is 0 Å². The summed E-state index contributed by atoms with van der Waals surface area (Å²) in [6.07, 6.45) is 9.91. The summed E-state index contributed by atoms with van der Waals surface area (Å²) in [5.74, 6) is 1.53. The molecule has 0 heterocycles. The molecule has 0 saturated carbocycles. The second kappa shape index (κ2) is 14.1. The van der Waals surface area contributed by atoms with Gasteiger partial charge in [0.05, 0.1) is 6.61 Å². The maximum absolute atomic E-state index is 5.46. The fourth-order valence-corrected chi connectivity index (χ4v) is 1.51. The number of benzene rings is 1. The zero-order chi connectivity index (χ0) is 16.6. The zero-order valence-corrected chi connectivity index (χ0v) is 14.8. The smallest absolute Gasteiger partial charge is 0.266 e. The van der Waals surface area contributed by atoms with Crippen LogP contribution in [0.25, 0.3) is 0 Å². The van der Waals surface area contributed by atoms with Crippen molar-refractivity contribution in [2.45, 2.75) is 40.5 Å². The lowest BCUT2D eigenvalue weighted by molar-refractivity contribution is 0.317. The van der Waals surface area contributed by atoms with Crippen LogP contribution < -0.4 is 14.8 Å². The SMILES string of the molecule is C/C=C/NC(=S)Oc1ccc(OCCC)cc1.C/C=C\CC. The van der Waals surface area contributed by atoms with Crippen LogP contribution >= 0.6 is 12.2 Å². The first-order chi connectivity index (χ1) is 10.7. The van der Waals surface area contributed by atoms with Crippen molar-refractivity contribution >= 4 is 17.4 Å². The molecule has 0 unspecified atom stereocenters. The van der Waals surface area contributed by atoms with Gasteiger partial charge in [0.1, 0.15) is 11.5 Å². The van der Waals surface area contributed by atoms with E-state index in [1.165, 1.54) is 0 Å². The Morgan fingerprint density at radius 3 is 2.18 bits per heavy atom. The quantitative estimate of drug-likeness (QED) is 0.574. The molecule has 0 amide bonds. The molecule has 0 aliphatic rings. The minimum Gasteiger partial charge on any atom is -0.494 e. The normalized spacial score (nSPS) is 10.2. The Morgan fingerprint density at radius 1 is 1.09 bits per heavy atom. The molecule has 0 spiro atoms. The van der Waals surface area contributed by atoms with Gasteiger partial charge in [-0.3, -0.25) is 0 Å². The van der Waals surface area contributed by atoms with Gasteiger partial charge in [-0.15, -0.1) is 0 Å². The molecule has 1 N–H and O–H groups in total. The Balaban J connectivity index is 0.000000763. The first-order valence-electron chi connectivity index (χ1n) is 7.61. The maximum atomic E-state index is 5.46. The van der Waals surface area contributed by atoms with Crippen molar-refractivity contribution in [2.75, 3.05) is 6.61 Å². The van der Waals surface area contributed by atoms with Crippen molar-refractivity contribution in [3.8, 4) is 11.5 Å². The second-order valence-electron chi connectivity index (χ2n) is 4.33. The van der Waals surface area contributed by atoms with Crippen LogP contribution in [0.3, 0.4) is 0 Å². The van der Waals surface area contributed by atoms with Gasteiger partial charge in [0.2, 0.25) is 0 Å². The minimum atomic E-state index is 0.324. The van der Waals surface area contributed by atoms with Crippen LogP contribution in [-0.4, -0.2) is 11.8 Å². The molecular formula is C18H27NO2S. The summed E-state index contributed by atoms with van der Waals surface area (Å²) in [5.41, 5.74) is 0. The van der Waals surface area contributed by atoms with E-state index in [2.05, 4.69) is 31.3 Å². The number of nitrogens with one attached hydrogen (secondary N) is 1. The third-order valence-corrected chi connectivity index (χ3v) is 2.55. The van der Waals surface area contributed by atoms with Crippen molar-refractivity contribution in [2.24, 2.45) is 0 Å². The number of ether oxygens (including phenoxy) is 2. The summed E-state index contributed by atoms with van der Waals surface area (Å²) in [6, 6.07) is 7.38. The highest BCUT2D eigenvalue weighted by molar-refractivity contribution is 7.80. The van der Waals surface area contributed by atoms with E-state index in [4.69, 9.17) is 21.7 Å². The van der Waals surface area contributed by atoms with Crippen LogP contribution in [0, 0.1) is 0 Å². The fraction of sp³-hybridized carbons (Fsp3) is 0.389. The van der Waals surface area contributed by atoms with Crippen LogP contribution in [0.1, 0.15) is 40.5 Å². The highest BCUT2D eigenvalue weighted by Gasteiger charge is 1.99. The lowest BCUT2D eigenvalue weighted by Gasteiger charge is -2.08. The lowest BCUT2D eigenvalue weighted by atomic mass is 10.3. The Morgan fingerprint density at radius 2 is 1.73 bits per heavy atom. The van der Waals surface area contributed by atoms with E-state index < -0.39 is 0 Å². The molecule has 0 atom stereocenters. The molecule has 1 aromatic rings. The number of allylic oxidation sites excluding steroid dienone is 3. The molecule has 4 heteroatoms. The van der Waals surface area contributed by atoms with Gasteiger partial charge in [0.25, 0.3) is 5.17 Å². The predicted octanol–water partition coefficient (Wildman–Crippen LogP) is 5.23. The second-order valence-corrected chi connectivity index (χ2v) is 4.70. The Kier molecular flexibility index (Phi) is 13.0. The summed E-state index contributed by atoms with van der Waals surface area (Å²) in [4.78, 5) is 0.